The van der Waals surface area contributed by atoms with Crippen molar-refractivity contribution in [3.05, 3.63) is 82.0 Å². The summed E-state index contributed by atoms with van der Waals surface area (Å²) in [6.07, 6.45) is 0.823. The van der Waals surface area contributed by atoms with Crippen LogP contribution < -0.4 is 4.74 Å². The Bertz CT molecular complexity index is 1770. The van der Waals surface area contributed by atoms with E-state index in [1.807, 2.05) is 67.9 Å². The molecule has 0 fully saturated rings. The Kier molecular flexibility index (Phi) is 6.85. The number of methoxy groups -OCH3 is 1. The van der Waals surface area contributed by atoms with Crippen LogP contribution in [0.4, 0.5) is 0 Å². The predicted octanol–water partition coefficient (Wildman–Crippen LogP) is 6.62. The number of ether oxygens (including phenoxy) is 1. The number of thiophene rings is 1. The van der Waals surface area contributed by atoms with Crippen LogP contribution in [0.5, 0.6) is 5.75 Å². The molecule has 0 bridgehead atoms. The first-order valence-corrected chi connectivity index (χ1v) is 14.5. The van der Waals surface area contributed by atoms with Crippen LogP contribution in [-0.2, 0) is 23.1 Å². The second-order valence-corrected chi connectivity index (χ2v) is 12.2. The number of rotatable bonds is 7. The van der Waals surface area contributed by atoms with Crippen molar-refractivity contribution in [3.8, 4) is 28.1 Å². The Labute approximate surface area is 226 Å². The number of hydrogen-bond acceptors (Lipinski definition) is 6. The van der Waals surface area contributed by atoms with Crippen LogP contribution in [-0.4, -0.2) is 34.8 Å². The van der Waals surface area contributed by atoms with E-state index < -0.39 is 10.1 Å². The van der Waals surface area contributed by atoms with Gasteiger partial charge in [-0.15, -0.1) is 11.3 Å². The lowest BCUT2D eigenvalue weighted by molar-refractivity contribution is 0.415. The summed E-state index contributed by atoms with van der Waals surface area (Å²) in [5.74, 6) is 0.786. The lowest BCUT2D eigenvalue weighted by Crippen LogP contribution is -2.03. The van der Waals surface area contributed by atoms with E-state index >= 15 is 0 Å². The molecule has 3 aromatic heterocycles. The van der Waals surface area contributed by atoms with Gasteiger partial charge in [-0.2, -0.15) is 13.5 Å². The highest BCUT2D eigenvalue weighted by Gasteiger charge is 2.22. The monoisotopic (exact) mass is 547 g/mol. The number of benzene rings is 2. The van der Waals surface area contributed by atoms with Crippen molar-refractivity contribution >= 4 is 32.4 Å². The zero-order valence-corrected chi connectivity index (χ0v) is 23.6. The molecule has 7 nitrogen and oxygen atoms in total. The number of fused-ring (bicyclic) bond motifs is 1. The van der Waals surface area contributed by atoms with Gasteiger partial charge in [-0.1, -0.05) is 25.1 Å². The first-order valence-electron chi connectivity index (χ1n) is 12.3. The van der Waals surface area contributed by atoms with Crippen LogP contribution in [0.3, 0.4) is 0 Å². The number of aromatic nitrogens is 3. The van der Waals surface area contributed by atoms with E-state index in [1.165, 1.54) is 0 Å². The molecular formula is C29H29N3O4S2. The summed E-state index contributed by atoms with van der Waals surface area (Å²) in [5.41, 5.74) is 8.08. The number of aryl methyl sites for hydroxylation is 4. The van der Waals surface area contributed by atoms with Crippen LogP contribution in [0.25, 0.3) is 33.3 Å². The second-order valence-electron chi connectivity index (χ2n) is 9.36. The summed E-state index contributed by atoms with van der Waals surface area (Å²) >= 11 is 1.07. The smallest absolute Gasteiger partial charge is 0.304 e. The molecule has 0 aliphatic carbocycles. The summed E-state index contributed by atoms with van der Waals surface area (Å²) in [6, 6.07) is 17.7. The Balaban J connectivity index is 1.59. The lowest BCUT2D eigenvalue weighted by atomic mass is 10.00. The van der Waals surface area contributed by atoms with Gasteiger partial charge in [0.1, 0.15) is 11.4 Å². The van der Waals surface area contributed by atoms with Gasteiger partial charge < -0.3 is 4.74 Å². The van der Waals surface area contributed by atoms with Gasteiger partial charge in [-0.3, -0.25) is 14.2 Å². The van der Waals surface area contributed by atoms with Gasteiger partial charge >= 0.3 is 10.1 Å². The van der Waals surface area contributed by atoms with Gasteiger partial charge in [0.25, 0.3) is 0 Å². The van der Waals surface area contributed by atoms with Gasteiger partial charge in [-0.25, -0.2) is 0 Å². The number of hydrogen-bond donors (Lipinski definition) is 1. The molecule has 0 radical (unpaired) electrons. The average molecular weight is 548 g/mol. The Morgan fingerprint density at radius 1 is 1.00 bits per heavy atom. The molecule has 0 aliphatic rings. The second kappa shape index (κ2) is 9.98. The van der Waals surface area contributed by atoms with E-state index in [0.29, 0.717) is 12.1 Å². The van der Waals surface area contributed by atoms with E-state index in [4.69, 9.17) is 14.8 Å². The lowest BCUT2D eigenvalue weighted by Gasteiger charge is -2.10. The molecule has 5 aromatic rings. The van der Waals surface area contributed by atoms with Gasteiger partial charge in [0.2, 0.25) is 0 Å². The predicted molar refractivity (Wildman–Crippen MR) is 152 cm³/mol. The van der Waals surface area contributed by atoms with Crippen molar-refractivity contribution in [2.45, 2.75) is 44.9 Å². The van der Waals surface area contributed by atoms with E-state index in [0.717, 1.165) is 78.6 Å². The molecule has 5 rings (SSSR count). The largest absolute Gasteiger partial charge is 0.497 e. The van der Waals surface area contributed by atoms with Crippen LogP contribution in [0.15, 0.2) is 58.8 Å². The maximum atomic E-state index is 12.0. The minimum absolute atomic E-state index is 0.0249. The highest BCUT2D eigenvalue weighted by atomic mass is 32.3. The third-order valence-corrected chi connectivity index (χ3v) is 9.08. The van der Waals surface area contributed by atoms with Gasteiger partial charge in [0, 0.05) is 32.8 Å². The van der Waals surface area contributed by atoms with Crippen molar-refractivity contribution in [3.63, 3.8) is 0 Å². The normalized spacial score (nSPS) is 11.8. The molecule has 0 unspecified atom stereocenters. The molecule has 0 amide bonds. The van der Waals surface area contributed by atoms with Crippen LogP contribution in [0.2, 0.25) is 0 Å². The van der Waals surface area contributed by atoms with Crippen molar-refractivity contribution in [1.82, 2.24) is 14.8 Å². The third kappa shape index (κ3) is 4.84. The van der Waals surface area contributed by atoms with E-state index in [9.17, 15) is 13.0 Å². The summed E-state index contributed by atoms with van der Waals surface area (Å²) in [5, 5.41) is 6.05. The molecule has 0 atom stereocenters. The fraction of sp³-hybridized carbons (Fsp3) is 0.241. The Morgan fingerprint density at radius 3 is 2.37 bits per heavy atom. The summed E-state index contributed by atoms with van der Waals surface area (Å²) in [6.45, 7) is 8.43. The van der Waals surface area contributed by atoms with Crippen molar-refractivity contribution < 1.29 is 17.7 Å². The maximum absolute atomic E-state index is 12.0. The summed E-state index contributed by atoms with van der Waals surface area (Å²) in [4.78, 5) is 5.62. The standard InChI is InChI=1S/C29H29N3O4S2/c1-6-22-15-26-27(19(4)30-22)28(21-8-10-23(36-5)11-9-21)31-32(26)16-20-7-12-24(17(2)13-20)25-14-18(3)37-29(25)38(33,34)35/h7-15H,6,16H2,1-5H3,(H,33,34,35). The van der Waals surface area contributed by atoms with Crippen molar-refractivity contribution in [2.75, 3.05) is 7.11 Å². The Hall–Kier alpha value is -3.53. The van der Waals surface area contributed by atoms with Gasteiger partial charge in [-0.05, 0) is 80.3 Å². The van der Waals surface area contributed by atoms with Crippen LogP contribution in [0.1, 0.15) is 34.3 Å². The number of nitrogens with zero attached hydrogens (tertiary/aromatic N) is 3. The van der Waals surface area contributed by atoms with Crippen LogP contribution >= 0.6 is 11.3 Å². The van der Waals surface area contributed by atoms with E-state index in [-0.39, 0.29) is 4.21 Å². The topological polar surface area (TPSA) is 94.3 Å². The molecule has 3 heterocycles. The maximum Gasteiger partial charge on any atom is 0.304 e. The minimum atomic E-state index is -4.31. The average Bonchev–Trinajstić information content (AvgIpc) is 3.45. The number of pyridine rings is 1. The zero-order chi connectivity index (χ0) is 27.2. The first kappa shape index (κ1) is 26.1. The molecule has 196 valence electrons. The third-order valence-electron chi connectivity index (χ3n) is 6.66. The zero-order valence-electron chi connectivity index (χ0n) is 21.9. The SMILES string of the molecule is CCc1cc2c(c(C)n1)c(-c1ccc(OC)cc1)nn2Cc1ccc(-c2cc(C)sc2S(=O)(=O)O)c(C)c1. The van der Waals surface area contributed by atoms with Crippen molar-refractivity contribution in [2.24, 2.45) is 0 Å². The highest BCUT2D eigenvalue weighted by Crippen LogP contribution is 2.37. The quantitative estimate of drug-likeness (QED) is 0.230. The molecular weight excluding hydrogens is 518 g/mol. The molecule has 0 spiro atoms. The van der Waals surface area contributed by atoms with Crippen LogP contribution in [0, 0.1) is 20.8 Å². The fourth-order valence-electron chi connectivity index (χ4n) is 4.86. The summed E-state index contributed by atoms with van der Waals surface area (Å²) in [7, 11) is -2.66. The molecule has 9 heteroatoms. The fourth-order valence-corrected chi connectivity index (χ4v) is 6.87. The molecule has 2 aromatic carbocycles. The van der Waals surface area contributed by atoms with Crippen molar-refractivity contribution in [1.29, 1.82) is 0 Å². The Morgan fingerprint density at radius 2 is 1.74 bits per heavy atom. The van der Waals surface area contributed by atoms with E-state index in [2.05, 4.69) is 13.0 Å². The highest BCUT2D eigenvalue weighted by molar-refractivity contribution is 7.88. The molecule has 0 saturated carbocycles. The summed E-state index contributed by atoms with van der Waals surface area (Å²) < 4.78 is 41.0. The molecule has 0 aliphatic heterocycles. The molecule has 0 saturated heterocycles. The van der Waals surface area contributed by atoms with Gasteiger partial charge in [0.05, 0.1) is 19.2 Å². The first-order chi connectivity index (χ1) is 18.1. The minimum Gasteiger partial charge on any atom is -0.497 e. The van der Waals surface area contributed by atoms with E-state index in [1.54, 1.807) is 13.2 Å². The van der Waals surface area contributed by atoms with Gasteiger partial charge in [0.15, 0.2) is 4.21 Å². The molecule has 38 heavy (non-hydrogen) atoms. The molecule has 1 N–H and O–H groups in total.